The Kier molecular flexibility index (Phi) is 2.92. The van der Waals surface area contributed by atoms with Crippen LogP contribution in [0.1, 0.15) is 19.4 Å². The van der Waals surface area contributed by atoms with Crippen LogP contribution in [0.3, 0.4) is 0 Å². The van der Waals surface area contributed by atoms with Crippen molar-refractivity contribution in [2.75, 3.05) is 6.54 Å². The standard InChI is InChI=1S/C14H18N2/c1-14(2,10-15)8-12-5-3-4-11-6-7-16-9-13(11)12/h3-7,9H,8,10,15H2,1-2H3. The lowest BCUT2D eigenvalue weighted by Crippen LogP contribution is -2.25. The molecule has 2 nitrogen and oxygen atoms in total. The fourth-order valence-electron chi connectivity index (χ4n) is 1.92. The van der Waals surface area contributed by atoms with E-state index in [9.17, 15) is 0 Å². The van der Waals surface area contributed by atoms with E-state index < -0.39 is 0 Å². The summed E-state index contributed by atoms with van der Waals surface area (Å²) in [5.41, 5.74) is 7.26. The van der Waals surface area contributed by atoms with Crippen LogP contribution >= 0.6 is 0 Å². The normalized spacial score (nSPS) is 11.9. The molecule has 0 saturated heterocycles. The van der Waals surface area contributed by atoms with Crippen LogP contribution in [-0.4, -0.2) is 11.5 Å². The average molecular weight is 214 g/mol. The zero-order valence-corrected chi connectivity index (χ0v) is 9.90. The van der Waals surface area contributed by atoms with Gasteiger partial charge in [0, 0.05) is 17.8 Å². The summed E-state index contributed by atoms with van der Waals surface area (Å²) in [5.74, 6) is 0. The van der Waals surface area contributed by atoms with Gasteiger partial charge in [0.25, 0.3) is 0 Å². The Morgan fingerprint density at radius 1 is 1.25 bits per heavy atom. The number of hydrogen-bond acceptors (Lipinski definition) is 2. The third kappa shape index (κ3) is 2.22. The minimum absolute atomic E-state index is 0.143. The first-order valence-electron chi connectivity index (χ1n) is 5.64. The molecule has 0 aliphatic heterocycles. The molecule has 2 N–H and O–H groups in total. The van der Waals surface area contributed by atoms with Gasteiger partial charge in [0.05, 0.1) is 0 Å². The van der Waals surface area contributed by atoms with Crippen LogP contribution in [0.2, 0.25) is 0 Å². The van der Waals surface area contributed by atoms with Gasteiger partial charge < -0.3 is 5.73 Å². The minimum atomic E-state index is 0.143. The van der Waals surface area contributed by atoms with Gasteiger partial charge in [0.1, 0.15) is 0 Å². The van der Waals surface area contributed by atoms with Gasteiger partial charge in [-0.25, -0.2) is 0 Å². The quantitative estimate of drug-likeness (QED) is 0.853. The lowest BCUT2D eigenvalue weighted by atomic mass is 9.84. The second-order valence-electron chi connectivity index (χ2n) is 5.06. The Morgan fingerprint density at radius 2 is 2.06 bits per heavy atom. The summed E-state index contributed by atoms with van der Waals surface area (Å²) in [7, 11) is 0. The number of aromatic nitrogens is 1. The van der Waals surface area contributed by atoms with Gasteiger partial charge in [-0.3, -0.25) is 4.98 Å². The van der Waals surface area contributed by atoms with E-state index >= 15 is 0 Å². The molecule has 2 rings (SSSR count). The molecule has 1 heterocycles. The van der Waals surface area contributed by atoms with Crippen LogP contribution in [0.4, 0.5) is 0 Å². The monoisotopic (exact) mass is 214 g/mol. The molecule has 1 aromatic heterocycles. The molecule has 0 atom stereocenters. The molecule has 0 saturated carbocycles. The number of fused-ring (bicyclic) bond motifs is 1. The van der Waals surface area contributed by atoms with Crippen LogP contribution < -0.4 is 5.73 Å². The minimum Gasteiger partial charge on any atom is -0.330 e. The Labute approximate surface area is 96.5 Å². The van der Waals surface area contributed by atoms with Crippen molar-refractivity contribution in [2.45, 2.75) is 20.3 Å². The third-order valence-electron chi connectivity index (χ3n) is 3.00. The first-order valence-corrected chi connectivity index (χ1v) is 5.64. The van der Waals surface area contributed by atoms with E-state index in [1.165, 1.54) is 16.3 Å². The predicted octanol–water partition coefficient (Wildman–Crippen LogP) is 2.76. The summed E-state index contributed by atoms with van der Waals surface area (Å²) in [6.07, 6.45) is 4.77. The maximum absolute atomic E-state index is 5.78. The fraction of sp³-hybridized carbons (Fsp3) is 0.357. The van der Waals surface area contributed by atoms with Crippen molar-refractivity contribution in [1.82, 2.24) is 4.98 Å². The molecule has 16 heavy (non-hydrogen) atoms. The molecule has 84 valence electrons. The molecular formula is C14H18N2. The van der Waals surface area contributed by atoms with Gasteiger partial charge in [-0.15, -0.1) is 0 Å². The van der Waals surface area contributed by atoms with Crippen molar-refractivity contribution in [1.29, 1.82) is 0 Å². The highest BCUT2D eigenvalue weighted by atomic mass is 14.6. The number of pyridine rings is 1. The highest BCUT2D eigenvalue weighted by molar-refractivity contribution is 5.84. The maximum Gasteiger partial charge on any atom is 0.0349 e. The largest absolute Gasteiger partial charge is 0.330 e. The van der Waals surface area contributed by atoms with E-state index in [0.717, 1.165) is 6.42 Å². The molecule has 0 fully saturated rings. The van der Waals surface area contributed by atoms with Crippen molar-refractivity contribution < 1.29 is 0 Å². The highest BCUT2D eigenvalue weighted by Gasteiger charge is 2.17. The first kappa shape index (κ1) is 11.1. The van der Waals surface area contributed by atoms with Crippen LogP contribution in [0.5, 0.6) is 0 Å². The lowest BCUT2D eigenvalue weighted by Gasteiger charge is -2.23. The predicted molar refractivity (Wildman–Crippen MR) is 68.3 cm³/mol. The van der Waals surface area contributed by atoms with E-state index in [-0.39, 0.29) is 5.41 Å². The van der Waals surface area contributed by atoms with Gasteiger partial charge in [-0.1, -0.05) is 32.0 Å². The molecule has 0 bridgehead atoms. The second kappa shape index (κ2) is 4.22. The lowest BCUT2D eigenvalue weighted by molar-refractivity contribution is 0.378. The molecule has 2 aromatic rings. The smallest absolute Gasteiger partial charge is 0.0349 e. The Bertz CT molecular complexity index is 484. The molecule has 2 heteroatoms. The van der Waals surface area contributed by atoms with Gasteiger partial charge in [0.2, 0.25) is 0 Å². The molecule has 1 aromatic carbocycles. The fourth-order valence-corrected chi connectivity index (χ4v) is 1.92. The molecule has 0 aliphatic rings. The molecule has 0 unspecified atom stereocenters. The number of hydrogen-bond donors (Lipinski definition) is 1. The molecule has 0 radical (unpaired) electrons. The van der Waals surface area contributed by atoms with E-state index in [0.29, 0.717) is 6.54 Å². The average Bonchev–Trinajstić information content (AvgIpc) is 2.29. The van der Waals surface area contributed by atoms with E-state index in [2.05, 4.69) is 37.0 Å². The summed E-state index contributed by atoms with van der Waals surface area (Å²) in [4.78, 5) is 4.20. The molecule has 0 aliphatic carbocycles. The summed E-state index contributed by atoms with van der Waals surface area (Å²) in [6, 6.07) is 8.44. The topological polar surface area (TPSA) is 38.9 Å². The van der Waals surface area contributed by atoms with Crippen molar-refractivity contribution in [3.63, 3.8) is 0 Å². The summed E-state index contributed by atoms with van der Waals surface area (Å²) in [6.45, 7) is 5.09. The van der Waals surface area contributed by atoms with Crippen molar-refractivity contribution in [3.05, 3.63) is 42.2 Å². The van der Waals surface area contributed by atoms with Crippen molar-refractivity contribution in [2.24, 2.45) is 11.1 Å². The Balaban J connectivity index is 2.45. The van der Waals surface area contributed by atoms with Crippen molar-refractivity contribution in [3.8, 4) is 0 Å². The Hall–Kier alpha value is -1.41. The first-order chi connectivity index (χ1) is 7.62. The molecule has 0 spiro atoms. The summed E-state index contributed by atoms with van der Waals surface area (Å²) < 4.78 is 0. The Morgan fingerprint density at radius 3 is 2.81 bits per heavy atom. The number of nitrogens with two attached hydrogens (primary N) is 1. The number of benzene rings is 1. The highest BCUT2D eigenvalue weighted by Crippen LogP contribution is 2.25. The molecular weight excluding hydrogens is 196 g/mol. The maximum atomic E-state index is 5.78. The van der Waals surface area contributed by atoms with Crippen LogP contribution in [0, 0.1) is 5.41 Å². The number of nitrogens with zero attached hydrogens (tertiary/aromatic N) is 1. The molecule has 0 amide bonds. The van der Waals surface area contributed by atoms with Crippen molar-refractivity contribution >= 4 is 10.8 Å². The summed E-state index contributed by atoms with van der Waals surface area (Å²) in [5, 5.41) is 2.49. The van der Waals surface area contributed by atoms with Gasteiger partial charge in [-0.05, 0) is 35.4 Å². The number of rotatable bonds is 3. The van der Waals surface area contributed by atoms with Gasteiger partial charge in [-0.2, -0.15) is 0 Å². The third-order valence-corrected chi connectivity index (χ3v) is 3.00. The SMILES string of the molecule is CC(C)(CN)Cc1cccc2ccncc12. The second-order valence-corrected chi connectivity index (χ2v) is 5.06. The van der Waals surface area contributed by atoms with Crippen LogP contribution in [0.15, 0.2) is 36.7 Å². The van der Waals surface area contributed by atoms with Gasteiger partial charge in [0.15, 0.2) is 0 Å². The van der Waals surface area contributed by atoms with E-state index in [1.54, 1.807) is 0 Å². The van der Waals surface area contributed by atoms with Gasteiger partial charge >= 0.3 is 0 Å². The van der Waals surface area contributed by atoms with Crippen LogP contribution in [-0.2, 0) is 6.42 Å². The summed E-state index contributed by atoms with van der Waals surface area (Å²) >= 11 is 0. The zero-order chi connectivity index (χ0) is 11.6. The van der Waals surface area contributed by atoms with E-state index in [1.807, 2.05) is 18.5 Å². The van der Waals surface area contributed by atoms with E-state index in [4.69, 9.17) is 5.73 Å². The van der Waals surface area contributed by atoms with Crippen LogP contribution in [0.25, 0.3) is 10.8 Å². The zero-order valence-electron chi connectivity index (χ0n) is 9.90.